The number of carboxylic acids is 1. The first-order chi connectivity index (χ1) is 7.83. The van der Waals surface area contributed by atoms with Crippen LogP contribution in [0.15, 0.2) is 0 Å². The summed E-state index contributed by atoms with van der Waals surface area (Å²) in [6.45, 7) is 7.54. The van der Waals surface area contributed by atoms with Crippen molar-refractivity contribution in [3.63, 3.8) is 0 Å². The predicted octanol–water partition coefficient (Wildman–Crippen LogP) is 3.08. The highest BCUT2D eigenvalue weighted by Crippen LogP contribution is 2.48. The minimum Gasteiger partial charge on any atom is -0.481 e. The molecule has 0 spiro atoms. The molecule has 2 aliphatic rings. The molecule has 1 atom stereocenters. The van der Waals surface area contributed by atoms with Gasteiger partial charge in [0.25, 0.3) is 0 Å². The molecule has 0 aromatic heterocycles. The molecule has 0 aromatic rings. The molecule has 3 heteroatoms. The fourth-order valence-corrected chi connectivity index (χ4v) is 3.16. The van der Waals surface area contributed by atoms with Crippen LogP contribution >= 0.6 is 0 Å². The summed E-state index contributed by atoms with van der Waals surface area (Å²) in [6.07, 6.45) is 4.68. The van der Waals surface area contributed by atoms with Gasteiger partial charge >= 0.3 is 5.97 Å². The standard InChI is InChI=1S/C14H24O3/c1-13(2,3)10-4-6-14(7-5-10,12(15)16)8-11-9-17-11/h10-11H,4-9H2,1-3H3,(H,15,16). The Morgan fingerprint density at radius 3 is 2.24 bits per heavy atom. The molecular formula is C14H24O3. The first kappa shape index (κ1) is 12.9. The van der Waals surface area contributed by atoms with Crippen molar-refractivity contribution in [3.8, 4) is 0 Å². The van der Waals surface area contributed by atoms with Gasteiger partial charge < -0.3 is 9.84 Å². The number of hydrogen-bond donors (Lipinski definition) is 1. The molecule has 0 amide bonds. The summed E-state index contributed by atoms with van der Waals surface area (Å²) in [7, 11) is 0. The first-order valence-corrected chi connectivity index (χ1v) is 6.68. The van der Waals surface area contributed by atoms with Gasteiger partial charge in [-0.3, -0.25) is 4.79 Å². The zero-order valence-electron chi connectivity index (χ0n) is 11.2. The third-order valence-corrected chi connectivity index (χ3v) is 4.64. The summed E-state index contributed by atoms with van der Waals surface area (Å²) in [5.74, 6) is 0.0513. The zero-order chi connectivity index (χ0) is 12.7. The van der Waals surface area contributed by atoms with E-state index < -0.39 is 11.4 Å². The Kier molecular flexibility index (Phi) is 3.23. The van der Waals surface area contributed by atoms with Crippen molar-refractivity contribution in [2.45, 2.75) is 59.0 Å². The Morgan fingerprint density at radius 2 is 1.88 bits per heavy atom. The zero-order valence-corrected chi connectivity index (χ0v) is 11.2. The number of hydrogen-bond acceptors (Lipinski definition) is 2. The molecule has 0 radical (unpaired) electrons. The van der Waals surface area contributed by atoms with Crippen LogP contribution < -0.4 is 0 Å². The van der Waals surface area contributed by atoms with E-state index in [-0.39, 0.29) is 6.10 Å². The highest BCUT2D eigenvalue weighted by Gasteiger charge is 2.47. The van der Waals surface area contributed by atoms with E-state index >= 15 is 0 Å². The summed E-state index contributed by atoms with van der Waals surface area (Å²) in [6, 6.07) is 0. The Hall–Kier alpha value is -0.570. The van der Waals surface area contributed by atoms with Crippen molar-refractivity contribution in [1.29, 1.82) is 0 Å². The summed E-state index contributed by atoms with van der Waals surface area (Å²) < 4.78 is 5.22. The van der Waals surface area contributed by atoms with Crippen molar-refractivity contribution in [2.24, 2.45) is 16.7 Å². The maximum absolute atomic E-state index is 11.5. The van der Waals surface area contributed by atoms with Crippen LogP contribution in [-0.4, -0.2) is 23.8 Å². The van der Waals surface area contributed by atoms with Crippen LogP contribution in [0.2, 0.25) is 0 Å². The molecule has 3 nitrogen and oxygen atoms in total. The summed E-state index contributed by atoms with van der Waals surface area (Å²) in [4.78, 5) is 11.5. The molecular weight excluding hydrogens is 216 g/mol. The van der Waals surface area contributed by atoms with Gasteiger partial charge in [-0.25, -0.2) is 0 Å². The van der Waals surface area contributed by atoms with Gasteiger partial charge in [0, 0.05) is 0 Å². The number of carbonyl (C=O) groups is 1. The third kappa shape index (κ3) is 2.82. The predicted molar refractivity (Wildman–Crippen MR) is 65.8 cm³/mol. The quantitative estimate of drug-likeness (QED) is 0.771. The van der Waals surface area contributed by atoms with Crippen molar-refractivity contribution in [1.82, 2.24) is 0 Å². The van der Waals surface area contributed by atoms with Crippen molar-refractivity contribution >= 4 is 5.97 Å². The van der Waals surface area contributed by atoms with E-state index in [2.05, 4.69) is 20.8 Å². The van der Waals surface area contributed by atoms with Crippen molar-refractivity contribution in [2.75, 3.05) is 6.61 Å². The monoisotopic (exact) mass is 240 g/mol. The molecule has 1 saturated heterocycles. The number of ether oxygens (including phenoxy) is 1. The summed E-state index contributed by atoms with van der Waals surface area (Å²) in [5, 5.41) is 9.50. The first-order valence-electron chi connectivity index (χ1n) is 6.68. The van der Waals surface area contributed by atoms with E-state index in [0.29, 0.717) is 11.3 Å². The van der Waals surface area contributed by atoms with Crippen LogP contribution in [0.4, 0.5) is 0 Å². The topological polar surface area (TPSA) is 49.8 Å². The molecule has 98 valence electrons. The van der Waals surface area contributed by atoms with E-state index in [9.17, 15) is 9.90 Å². The van der Waals surface area contributed by atoms with Crippen LogP contribution in [0.3, 0.4) is 0 Å². The normalized spacial score (nSPS) is 37.8. The molecule has 1 saturated carbocycles. The van der Waals surface area contributed by atoms with Gasteiger partial charge in [0.1, 0.15) is 0 Å². The number of aliphatic carboxylic acids is 1. The summed E-state index contributed by atoms with van der Waals surface area (Å²) >= 11 is 0. The SMILES string of the molecule is CC(C)(C)C1CCC(CC2CO2)(C(=O)O)CC1. The van der Waals surface area contributed by atoms with E-state index in [1.165, 1.54) is 0 Å². The Bertz CT molecular complexity index is 291. The van der Waals surface area contributed by atoms with Crippen LogP contribution in [0, 0.1) is 16.7 Å². The maximum Gasteiger partial charge on any atom is 0.309 e. The maximum atomic E-state index is 11.5. The largest absolute Gasteiger partial charge is 0.481 e. The molecule has 1 N–H and O–H groups in total. The highest BCUT2D eigenvalue weighted by atomic mass is 16.6. The van der Waals surface area contributed by atoms with E-state index in [1.54, 1.807) is 0 Å². The number of rotatable bonds is 3. The van der Waals surface area contributed by atoms with Crippen LogP contribution in [0.25, 0.3) is 0 Å². The van der Waals surface area contributed by atoms with Crippen molar-refractivity contribution < 1.29 is 14.6 Å². The molecule has 1 aliphatic carbocycles. The van der Waals surface area contributed by atoms with Crippen molar-refractivity contribution in [3.05, 3.63) is 0 Å². The minimum absolute atomic E-state index is 0.220. The molecule has 1 heterocycles. The number of carboxylic acid groups (broad SMARTS) is 1. The van der Waals surface area contributed by atoms with Crippen LogP contribution in [0.1, 0.15) is 52.9 Å². The van der Waals surface area contributed by atoms with Gasteiger partial charge in [0.05, 0.1) is 18.1 Å². The minimum atomic E-state index is -0.611. The Morgan fingerprint density at radius 1 is 1.35 bits per heavy atom. The molecule has 0 aromatic carbocycles. The van der Waals surface area contributed by atoms with E-state index in [4.69, 9.17) is 4.74 Å². The van der Waals surface area contributed by atoms with Crippen LogP contribution in [0.5, 0.6) is 0 Å². The molecule has 1 aliphatic heterocycles. The smallest absolute Gasteiger partial charge is 0.309 e. The average Bonchev–Trinajstić information content (AvgIpc) is 3.00. The average molecular weight is 240 g/mol. The van der Waals surface area contributed by atoms with E-state index in [1.807, 2.05) is 0 Å². The molecule has 2 rings (SSSR count). The highest BCUT2D eigenvalue weighted by molar-refractivity contribution is 5.74. The fraction of sp³-hybridized carbons (Fsp3) is 0.929. The van der Waals surface area contributed by atoms with Gasteiger partial charge in [-0.1, -0.05) is 20.8 Å². The molecule has 2 fully saturated rings. The van der Waals surface area contributed by atoms with Gasteiger partial charge in [0.15, 0.2) is 0 Å². The van der Waals surface area contributed by atoms with Gasteiger partial charge in [-0.05, 0) is 43.4 Å². The second kappa shape index (κ2) is 4.27. The molecule has 0 bridgehead atoms. The van der Waals surface area contributed by atoms with Gasteiger partial charge in [0.2, 0.25) is 0 Å². The Labute approximate surface area is 104 Å². The van der Waals surface area contributed by atoms with Gasteiger partial charge in [-0.2, -0.15) is 0 Å². The molecule has 17 heavy (non-hydrogen) atoms. The lowest BCUT2D eigenvalue weighted by Gasteiger charge is -2.41. The Balaban J connectivity index is 2.00. The summed E-state index contributed by atoms with van der Waals surface area (Å²) in [5.41, 5.74) is -0.191. The lowest BCUT2D eigenvalue weighted by molar-refractivity contribution is -0.153. The van der Waals surface area contributed by atoms with E-state index in [0.717, 1.165) is 38.7 Å². The fourth-order valence-electron chi connectivity index (χ4n) is 3.16. The third-order valence-electron chi connectivity index (χ3n) is 4.64. The van der Waals surface area contributed by atoms with Gasteiger partial charge in [-0.15, -0.1) is 0 Å². The lowest BCUT2D eigenvalue weighted by Crippen LogP contribution is -2.39. The lowest BCUT2D eigenvalue weighted by atomic mass is 9.62. The second-order valence-electron chi connectivity index (χ2n) is 6.89. The second-order valence-corrected chi connectivity index (χ2v) is 6.89. The number of epoxide rings is 1. The molecule has 1 unspecified atom stereocenters. The van der Waals surface area contributed by atoms with Crippen LogP contribution in [-0.2, 0) is 9.53 Å².